The Bertz CT molecular complexity index is 1060. The third-order valence-corrected chi connectivity index (χ3v) is 6.13. The summed E-state index contributed by atoms with van der Waals surface area (Å²) in [4.78, 5) is 26.3. The molecular formula is C26H30N2O3. The number of nitrogens with zero attached hydrogens (tertiary/aromatic N) is 2. The third kappa shape index (κ3) is 4.98. The van der Waals surface area contributed by atoms with E-state index in [1.54, 1.807) is 0 Å². The molecule has 1 aromatic heterocycles. The Hall–Kier alpha value is -3.08. The second kappa shape index (κ2) is 9.82. The highest BCUT2D eigenvalue weighted by Crippen LogP contribution is 2.30. The lowest BCUT2D eigenvalue weighted by Crippen LogP contribution is -2.31. The molecule has 162 valence electrons. The molecule has 0 unspecified atom stereocenters. The average Bonchev–Trinajstić information content (AvgIpc) is 3.16. The molecule has 0 aliphatic carbocycles. The van der Waals surface area contributed by atoms with Crippen LogP contribution in [-0.2, 0) is 24.3 Å². The van der Waals surface area contributed by atoms with E-state index in [0.717, 1.165) is 55.2 Å². The first-order chi connectivity index (χ1) is 15.1. The minimum Gasteiger partial charge on any atom is -0.481 e. The Morgan fingerprint density at radius 3 is 2.58 bits per heavy atom. The highest BCUT2D eigenvalue weighted by atomic mass is 16.4. The van der Waals surface area contributed by atoms with E-state index in [4.69, 9.17) is 5.11 Å². The minimum absolute atomic E-state index is 0.0807. The fourth-order valence-electron chi connectivity index (χ4n) is 4.59. The monoisotopic (exact) mass is 418 g/mol. The van der Waals surface area contributed by atoms with E-state index in [0.29, 0.717) is 19.5 Å². The van der Waals surface area contributed by atoms with Gasteiger partial charge in [0.25, 0.3) is 5.91 Å². The molecule has 0 atom stereocenters. The largest absolute Gasteiger partial charge is 0.481 e. The summed E-state index contributed by atoms with van der Waals surface area (Å²) < 4.78 is 2.24. The summed E-state index contributed by atoms with van der Waals surface area (Å²) in [5, 5.41) is 9.86. The topological polar surface area (TPSA) is 62.5 Å². The molecule has 1 aliphatic rings. The highest BCUT2D eigenvalue weighted by molar-refractivity contribution is 6.07. The van der Waals surface area contributed by atoms with Crippen LogP contribution in [0.5, 0.6) is 0 Å². The van der Waals surface area contributed by atoms with Crippen molar-refractivity contribution in [1.29, 1.82) is 0 Å². The van der Waals surface area contributed by atoms with Gasteiger partial charge in [-0.3, -0.25) is 9.59 Å². The van der Waals surface area contributed by atoms with Crippen molar-refractivity contribution in [3.63, 3.8) is 0 Å². The Kier molecular flexibility index (Phi) is 6.70. The van der Waals surface area contributed by atoms with Gasteiger partial charge in [0.2, 0.25) is 0 Å². The van der Waals surface area contributed by atoms with E-state index in [1.807, 2.05) is 29.3 Å². The maximum Gasteiger partial charge on any atom is 0.303 e. The van der Waals surface area contributed by atoms with E-state index in [2.05, 4.69) is 34.9 Å². The van der Waals surface area contributed by atoms with Crippen LogP contribution in [0.25, 0.3) is 10.9 Å². The van der Waals surface area contributed by atoms with Crippen molar-refractivity contribution in [2.75, 3.05) is 6.54 Å². The number of aliphatic carboxylic acids is 1. The molecule has 2 aromatic carbocycles. The third-order valence-electron chi connectivity index (χ3n) is 6.13. The van der Waals surface area contributed by atoms with Gasteiger partial charge >= 0.3 is 5.97 Å². The lowest BCUT2D eigenvalue weighted by atomic mass is 10.0. The molecule has 3 aromatic rings. The zero-order chi connectivity index (χ0) is 21.6. The smallest absolute Gasteiger partial charge is 0.303 e. The number of benzene rings is 2. The van der Waals surface area contributed by atoms with Gasteiger partial charge in [0, 0.05) is 37.6 Å². The van der Waals surface area contributed by atoms with Gasteiger partial charge < -0.3 is 14.6 Å². The van der Waals surface area contributed by atoms with Crippen molar-refractivity contribution >= 4 is 22.8 Å². The summed E-state index contributed by atoms with van der Waals surface area (Å²) in [7, 11) is 0. The van der Waals surface area contributed by atoms with E-state index in [1.165, 1.54) is 11.1 Å². The Morgan fingerprint density at radius 2 is 1.77 bits per heavy atom. The lowest BCUT2D eigenvalue weighted by molar-refractivity contribution is -0.137. The molecule has 2 heterocycles. The quantitative estimate of drug-likeness (QED) is 0.457. The molecule has 31 heavy (non-hydrogen) atoms. The van der Waals surface area contributed by atoms with E-state index in [-0.39, 0.29) is 12.3 Å². The summed E-state index contributed by atoms with van der Waals surface area (Å²) >= 11 is 0. The molecule has 5 nitrogen and oxygen atoms in total. The maximum atomic E-state index is 13.7. The summed E-state index contributed by atoms with van der Waals surface area (Å²) in [5.74, 6) is -0.661. The van der Waals surface area contributed by atoms with E-state index >= 15 is 0 Å². The van der Waals surface area contributed by atoms with Crippen molar-refractivity contribution in [2.24, 2.45) is 0 Å². The van der Waals surface area contributed by atoms with Gasteiger partial charge in [-0.25, -0.2) is 0 Å². The predicted molar refractivity (Wildman–Crippen MR) is 122 cm³/mol. The molecule has 4 rings (SSSR count). The van der Waals surface area contributed by atoms with Gasteiger partial charge in [-0.2, -0.15) is 0 Å². The van der Waals surface area contributed by atoms with Gasteiger partial charge in [0.15, 0.2) is 0 Å². The summed E-state index contributed by atoms with van der Waals surface area (Å²) in [5.41, 5.74) is 4.46. The number of carbonyl (C=O) groups is 2. The van der Waals surface area contributed by atoms with Crippen LogP contribution in [0.4, 0.5) is 0 Å². The van der Waals surface area contributed by atoms with Gasteiger partial charge in [-0.1, -0.05) is 61.4 Å². The van der Waals surface area contributed by atoms with Gasteiger partial charge in [-0.05, 0) is 36.8 Å². The van der Waals surface area contributed by atoms with Crippen LogP contribution in [0.3, 0.4) is 0 Å². The Morgan fingerprint density at radius 1 is 0.968 bits per heavy atom. The van der Waals surface area contributed by atoms with Gasteiger partial charge in [0.05, 0.1) is 11.1 Å². The molecule has 0 saturated heterocycles. The Labute approximate surface area is 183 Å². The van der Waals surface area contributed by atoms with Crippen LogP contribution in [0.15, 0.2) is 54.7 Å². The lowest BCUT2D eigenvalue weighted by Gasteiger charge is -2.23. The molecule has 0 saturated carbocycles. The number of hydrogen-bond donors (Lipinski definition) is 1. The summed E-state index contributed by atoms with van der Waals surface area (Å²) in [6, 6.07) is 16.4. The summed E-state index contributed by atoms with van der Waals surface area (Å²) in [6.45, 7) is 2.22. The fraction of sp³-hybridized carbons (Fsp3) is 0.385. The number of para-hydroxylation sites is 1. The predicted octanol–water partition coefficient (Wildman–Crippen LogP) is 5.27. The molecular weight excluding hydrogens is 388 g/mol. The van der Waals surface area contributed by atoms with Crippen LogP contribution in [-0.4, -0.2) is 33.0 Å². The van der Waals surface area contributed by atoms with Crippen molar-refractivity contribution < 1.29 is 14.7 Å². The number of amides is 1. The molecule has 0 bridgehead atoms. The zero-order valence-corrected chi connectivity index (χ0v) is 17.9. The number of aromatic nitrogens is 1. The average molecular weight is 419 g/mol. The van der Waals surface area contributed by atoms with E-state index in [9.17, 15) is 9.59 Å². The molecule has 0 radical (unpaired) electrons. The number of carboxylic acids is 1. The fourth-order valence-corrected chi connectivity index (χ4v) is 4.59. The zero-order valence-electron chi connectivity index (χ0n) is 17.9. The van der Waals surface area contributed by atoms with Crippen molar-refractivity contribution in [1.82, 2.24) is 9.47 Å². The van der Waals surface area contributed by atoms with Crippen molar-refractivity contribution in [3.8, 4) is 0 Å². The second-order valence-electron chi connectivity index (χ2n) is 8.42. The van der Waals surface area contributed by atoms with Crippen LogP contribution in [0.1, 0.15) is 60.0 Å². The van der Waals surface area contributed by atoms with Gasteiger partial charge in [0.1, 0.15) is 0 Å². The first kappa shape index (κ1) is 21.2. The van der Waals surface area contributed by atoms with Crippen LogP contribution >= 0.6 is 0 Å². The number of aryl methyl sites for hydroxylation is 2. The van der Waals surface area contributed by atoms with Crippen LogP contribution < -0.4 is 0 Å². The molecule has 1 amide bonds. The summed E-state index contributed by atoms with van der Waals surface area (Å²) in [6.07, 6.45) is 7.81. The number of carboxylic acid groups (broad SMARTS) is 1. The Balaban J connectivity index is 1.52. The molecule has 5 heteroatoms. The molecule has 1 aliphatic heterocycles. The normalized spacial score (nSPS) is 12.8. The van der Waals surface area contributed by atoms with E-state index < -0.39 is 5.97 Å². The first-order valence-corrected chi connectivity index (χ1v) is 11.3. The highest BCUT2D eigenvalue weighted by Gasteiger charge is 2.23. The molecule has 0 fully saturated rings. The molecule has 1 N–H and O–H groups in total. The van der Waals surface area contributed by atoms with Crippen molar-refractivity contribution in [2.45, 2.75) is 58.0 Å². The standard InChI is InChI=1S/C26H30N2O3/c29-24(30)15-6-1-2-7-16-28(18-20-10-4-3-5-11-20)26(31)23-19-27-17-9-13-21-12-8-14-22(23)25(21)27/h3-5,8,10-12,14,19H,1-2,6-7,9,13,15-18H2,(H,29,30). The maximum absolute atomic E-state index is 13.7. The van der Waals surface area contributed by atoms with Crippen LogP contribution in [0.2, 0.25) is 0 Å². The molecule has 0 spiro atoms. The first-order valence-electron chi connectivity index (χ1n) is 11.3. The number of rotatable bonds is 10. The number of unbranched alkanes of at least 4 members (excludes halogenated alkanes) is 3. The van der Waals surface area contributed by atoms with Crippen LogP contribution in [0, 0.1) is 0 Å². The van der Waals surface area contributed by atoms with Crippen molar-refractivity contribution in [3.05, 3.63) is 71.4 Å². The number of carbonyl (C=O) groups excluding carboxylic acids is 1. The van der Waals surface area contributed by atoms with Gasteiger partial charge in [-0.15, -0.1) is 0 Å². The minimum atomic E-state index is -0.742. The number of hydrogen-bond acceptors (Lipinski definition) is 2. The SMILES string of the molecule is O=C(O)CCCCCCN(Cc1ccccc1)C(=O)c1cn2c3c(cccc13)CCC2. The second-order valence-corrected chi connectivity index (χ2v) is 8.42.